The third-order valence-corrected chi connectivity index (χ3v) is 3.32. The highest BCUT2D eigenvalue weighted by Gasteiger charge is 2.46. The highest BCUT2D eigenvalue weighted by atomic mass is 16.7. The van der Waals surface area contributed by atoms with Crippen molar-refractivity contribution in [3.63, 3.8) is 0 Å². The minimum Gasteiger partial charge on any atom is -0.394 e. The fraction of sp³-hybridized carbons (Fsp3) is 1.00. The van der Waals surface area contributed by atoms with E-state index in [-0.39, 0.29) is 12.7 Å². The Hall–Kier alpha value is -0.160. The van der Waals surface area contributed by atoms with Gasteiger partial charge in [-0.3, -0.25) is 0 Å². The van der Waals surface area contributed by atoms with Crippen molar-refractivity contribution >= 4 is 0 Å². The third kappa shape index (κ3) is 1.80. The Morgan fingerprint density at radius 1 is 1.36 bits per heavy atom. The van der Waals surface area contributed by atoms with Crippen LogP contribution < -0.4 is 5.73 Å². The summed E-state index contributed by atoms with van der Waals surface area (Å²) < 4.78 is 11.4. The van der Waals surface area contributed by atoms with Crippen LogP contribution in [0.1, 0.15) is 32.6 Å². The molecule has 3 N–H and O–H groups in total. The van der Waals surface area contributed by atoms with Gasteiger partial charge in [0.2, 0.25) is 0 Å². The molecule has 0 aromatic rings. The average Bonchev–Trinajstić information content (AvgIpc) is 2.55. The first-order chi connectivity index (χ1) is 6.58. The number of ether oxygens (including phenoxy) is 2. The Bertz CT molecular complexity index is 211. The first kappa shape index (κ1) is 10.4. The first-order valence-corrected chi connectivity index (χ1v) is 5.29. The molecule has 1 saturated carbocycles. The standard InChI is InChI=1S/C10H19NO3/c1-8-6-13-10(14-8)4-2-9(11,7-12)3-5-10/h8,12H,2-7,11H2,1H3. The lowest BCUT2D eigenvalue weighted by Gasteiger charge is -2.40. The molecule has 2 rings (SSSR count). The molecule has 1 atom stereocenters. The molecule has 4 heteroatoms. The van der Waals surface area contributed by atoms with E-state index in [1.54, 1.807) is 0 Å². The summed E-state index contributed by atoms with van der Waals surface area (Å²) in [4.78, 5) is 0. The fourth-order valence-corrected chi connectivity index (χ4v) is 2.25. The summed E-state index contributed by atoms with van der Waals surface area (Å²) in [5.41, 5.74) is 5.57. The van der Waals surface area contributed by atoms with Crippen LogP contribution in [0.5, 0.6) is 0 Å². The Morgan fingerprint density at radius 3 is 2.43 bits per heavy atom. The second-order valence-corrected chi connectivity index (χ2v) is 4.67. The van der Waals surface area contributed by atoms with Gasteiger partial charge >= 0.3 is 0 Å². The molecule has 0 aromatic carbocycles. The molecular formula is C10H19NO3. The number of aliphatic hydroxyl groups is 1. The lowest BCUT2D eigenvalue weighted by Crippen LogP contribution is -2.51. The number of hydrogen-bond donors (Lipinski definition) is 2. The van der Waals surface area contributed by atoms with Crippen LogP contribution in [0.15, 0.2) is 0 Å². The maximum atomic E-state index is 9.13. The molecule has 1 heterocycles. The topological polar surface area (TPSA) is 64.7 Å². The number of rotatable bonds is 1. The van der Waals surface area contributed by atoms with Gasteiger partial charge in [-0.25, -0.2) is 0 Å². The molecule has 1 unspecified atom stereocenters. The smallest absolute Gasteiger partial charge is 0.169 e. The molecule has 2 aliphatic rings. The second kappa shape index (κ2) is 3.45. The predicted molar refractivity (Wildman–Crippen MR) is 51.7 cm³/mol. The van der Waals surface area contributed by atoms with Gasteiger partial charge < -0.3 is 20.3 Å². The molecule has 82 valence electrons. The highest BCUT2D eigenvalue weighted by Crippen LogP contribution is 2.40. The average molecular weight is 201 g/mol. The third-order valence-electron chi connectivity index (χ3n) is 3.32. The van der Waals surface area contributed by atoms with Crippen molar-refractivity contribution in [1.29, 1.82) is 0 Å². The van der Waals surface area contributed by atoms with Crippen LogP contribution in [-0.4, -0.2) is 35.8 Å². The van der Waals surface area contributed by atoms with Gasteiger partial charge in [-0.2, -0.15) is 0 Å². The molecule has 1 saturated heterocycles. The van der Waals surface area contributed by atoms with E-state index >= 15 is 0 Å². The highest BCUT2D eigenvalue weighted by molar-refractivity contribution is 4.94. The van der Waals surface area contributed by atoms with Gasteiger partial charge in [-0.05, 0) is 19.8 Å². The van der Waals surface area contributed by atoms with Gasteiger partial charge in [0.05, 0.1) is 19.3 Å². The van der Waals surface area contributed by atoms with E-state index in [2.05, 4.69) is 0 Å². The second-order valence-electron chi connectivity index (χ2n) is 4.67. The maximum absolute atomic E-state index is 9.13. The van der Waals surface area contributed by atoms with Crippen LogP contribution in [0, 0.1) is 0 Å². The Balaban J connectivity index is 1.95. The summed E-state index contributed by atoms with van der Waals surface area (Å²) in [5.74, 6) is -0.391. The monoisotopic (exact) mass is 201 g/mol. The summed E-state index contributed by atoms with van der Waals surface area (Å²) in [5, 5.41) is 9.13. The summed E-state index contributed by atoms with van der Waals surface area (Å²) in [6.45, 7) is 2.75. The van der Waals surface area contributed by atoms with Gasteiger partial charge in [-0.15, -0.1) is 0 Å². The molecular weight excluding hydrogens is 182 g/mol. The lowest BCUT2D eigenvalue weighted by molar-refractivity contribution is -0.194. The molecule has 1 aliphatic carbocycles. The molecule has 0 aromatic heterocycles. The minimum atomic E-state index is -0.413. The molecule has 1 aliphatic heterocycles. The zero-order valence-electron chi connectivity index (χ0n) is 8.66. The zero-order chi connectivity index (χ0) is 10.2. The fourth-order valence-electron chi connectivity index (χ4n) is 2.25. The van der Waals surface area contributed by atoms with Crippen molar-refractivity contribution < 1.29 is 14.6 Å². The molecule has 0 bridgehead atoms. The SMILES string of the molecule is CC1COC2(CCC(N)(CO)CC2)O1. The van der Waals surface area contributed by atoms with Gasteiger partial charge in [0.25, 0.3) is 0 Å². The van der Waals surface area contributed by atoms with Crippen molar-refractivity contribution in [2.75, 3.05) is 13.2 Å². The van der Waals surface area contributed by atoms with Crippen molar-refractivity contribution in [2.45, 2.75) is 50.0 Å². The molecule has 14 heavy (non-hydrogen) atoms. The Labute approximate surface area is 84.4 Å². The van der Waals surface area contributed by atoms with E-state index in [1.807, 2.05) is 6.92 Å². The maximum Gasteiger partial charge on any atom is 0.169 e. The number of aliphatic hydroxyl groups excluding tert-OH is 1. The molecule has 0 radical (unpaired) electrons. The van der Waals surface area contributed by atoms with Gasteiger partial charge in [0.1, 0.15) is 0 Å². The van der Waals surface area contributed by atoms with Crippen molar-refractivity contribution in [3.8, 4) is 0 Å². The molecule has 1 spiro atoms. The summed E-state index contributed by atoms with van der Waals surface area (Å²) in [6.07, 6.45) is 3.34. The van der Waals surface area contributed by atoms with Crippen LogP contribution >= 0.6 is 0 Å². The molecule has 4 nitrogen and oxygen atoms in total. The van der Waals surface area contributed by atoms with Crippen molar-refractivity contribution in [1.82, 2.24) is 0 Å². The van der Waals surface area contributed by atoms with Crippen molar-refractivity contribution in [2.24, 2.45) is 5.73 Å². The van der Waals surface area contributed by atoms with E-state index in [0.717, 1.165) is 25.7 Å². The predicted octanol–water partition coefficient (Wildman–Crippen LogP) is 0.382. The van der Waals surface area contributed by atoms with E-state index in [1.165, 1.54) is 0 Å². The van der Waals surface area contributed by atoms with Crippen LogP contribution in [0.25, 0.3) is 0 Å². The largest absolute Gasteiger partial charge is 0.394 e. The summed E-state index contributed by atoms with van der Waals surface area (Å²) >= 11 is 0. The molecule has 0 amide bonds. The summed E-state index contributed by atoms with van der Waals surface area (Å²) in [6, 6.07) is 0. The summed E-state index contributed by atoms with van der Waals surface area (Å²) in [7, 11) is 0. The van der Waals surface area contributed by atoms with Crippen LogP contribution in [0.3, 0.4) is 0 Å². The van der Waals surface area contributed by atoms with E-state index in [4.69, 9.17) is 20.3 Å². The lowest BCUT2D eigenvalue weighted by atomic mass is 9.80. The quantitative estimate of drug-likeness (QED) is 0.644. The van der Waals surface area contributed by atoms with E-state index < -0.39 is 11.3 Å². The Kier molecular flexibility index (Phi) is 2.55. The van der Waals surface area contributed by atoms with Gasteiger partial charge in [0.15, 0.2) is 5.79 Å². The van der Waals surface area contributed by atoms with Crippen LogP contribution in [0.2, 0.25) is 0 Å². The minimum absolute atomic E-state index is 0.0542. The van der Waals surface area contributed by atoms with Gasteiger partial charge in [-0.1, -0.05) is 0 Å². The number of nitrogens with two attached hydrogens (primary N) is 1. The van der Waals surface area contributed by atoms with E-state index in [9.17, 15) is 0 Å². The van der Waals surface area contributed by atoms with E-state index in [0.29, 0.717) is 6.61 Å². The zero-order valence-corrected chi connectivity index (χ0v) is 8.66. The molecule has 2 fully saturated rings. The van der Waals surface area contributed by atoms with Crippen LogP contribution in [-0.2, 0) is 9.47 Å². The normalized spacial score (nSPS) is 48.6. The Morgan fingerprint density at radius 2 is 2.00 bits per heavy atom. The number of hydrogen-bond acceptors (Lipinski definition) is 4. The first-order valence-electron chi connectivity index (χ1n) is 5.29. The van der Waals surface area contributed by atoms with Gasteiger partial charge in [0, 0.05) is 18.4 Å². The van der Waals surface area contributed by atoms with Crippen LogP contribution in [0.4, 0.5) is 0 Å². The van der Waals surface area contributed by atoms with Crippen molar-refractivity contribution in [3.05, 3.63) is 0 Å².